The number of hydrogen-bond acceptors (Lipinski definition) is 3. The molecule has 0 spiro atoms. The fourth-order valence-corrected chi connectivity index (χ4v) is 1.83. The number of carbonyl (C=O) groups excluding carboxylic acids is 1. The minimum absolute atomic E-state index is 0.144. The van der Waals surface area contributed by atoms with Crippen molar-refractivity contribution in [2.24, 2.45) is 0 Å². The summed E-state index contributed by atoms with van der Waals surface area (Å²) < 4.78 is 5.59. The van der Waals surface area contributed by atoms with Gasteiger partial charge >= 0.3 is 0 Å². The second-order valence-corrected chi connectivity index (χ2v) is 4.78. The van der Waals surface area contributed by atoms with Crippen LogP contribution in [-0.2, 0) is 4.79 Å². The Hall–Kier alpha value is -1.16. The topological polar surface area (TPSA) is 29.5 Å². The molecular weight excluding hydrogens is 234 g/mol. The lowest BCUT2D eigenvalue weighted by Crippen LogP contribution is -2.32. The summed E-state index contributed by atoms with van der Waals surface area (Å²) in [4.78, 5) is 13.2. The highest BCUT2D eigenvalue weighted by molar-refractivity contribution is 7.99. The number of hydrogen-bond donors (Lipinski definition) is 0. The largest absolute Gasteiger partial charge is 0.492 e. The number of ether oxygens (including phenoxy) is 1. The SMILES string of the molecule is CSCC(=O)N(C)CCOc1cccc(C)c1. The van der Waals surface area contributed by atoms with Gasteiger partial charge in [-0.05, 0) is 30.9 Å². The van der Waals surface area contributed by atoms with Gasteiger partial charge < -0.3 is 9.64 Å². The highest BCUT2D eigenvalue weighted by Gasteiger charge is 2.07. The van der Waals surface area contributed by atoms with Crippen LogP contribution in [0.5, 0.6) is 5.75 Å². The maximum atomic E-state index is 11.5. The molecule has 4 heteroatoms. The molecule has 0 unspecified atom stereocenters. The van der Waals surface area contributed by atoms with Crippen molar-refractivity contribution in [3.05, 3.63) is 29.8 Å². The molecule has 1 rings (SSSR count). The fourth-order valence-electron chi connectivity index (χ4n) is 1.36. The monoisotopic (exact) mass is 253 g/mol. The van der Waals surface area contributed by atoms with Crippen LogP contribution in [0.15, 0.2) is 24.3 Å². The second kappa shape index (κ2) is 7.22. The van der Waals surface area contributed by atoms with Crippen LogP contribution in [0.4, 0.5) is 0 Å². The molecule has 1 aromatic carbocycles. The molecule has 94 valence electrons. The molecule has 1 aromatic rings. The molecule has 0 N–H and O–H groups in total. The average molecular weight is 253 g/mol. The Kier molecular flexibility index (Phi) is 5.91. The van der Waals surface area contributed by atoms with E-state index in [4.69, 9.17) is 4.74 Å². The van der Waals surface area contributed by atoms with Gasteiger partial charge in [-0.3, -0.25) is 4.79 Å². The summed E-state index contributed by atoms with van der Waals surface area (Å²) in [5.74, 6) is 1.53. The summed E-state index contributed by atoms with van der Waals surface area (Å²) in [5.41, 5.74) is 1.18. The summed E-state index contributed by atoms with van der Waals surface area (Å²) in [7, 11) is 1.80. The van der Waals surface area contributed by atoms with Crippen LogP contribution in [0.2, 0.25) is 0 Å². The van der Waals surface area contributed by atoms with Crippen molar-refractivity contribution in [3.8, 4) is 5.75 Å². The van der Waals surface area contributed by atoms with Gasteiger partial charge in [0.2, 0.25) is 5.91 Å². The van der Waals surface area contributed by atoms with E-state index >= 15 is 0 Å². The van der Waals surface area contributed by atoms with Crippen LogP contribution in [0.3, 0.4) is 0 Å². The summed E-state index contributed by atoms with van der Waals surface area (Å²) in [6.45, 7) is 3.17. The van der Waals surface area contributed by atoms with E-state index in [1.54, 1.807) is 11.9 Å². The van der Waals surface area contributed by atoms with Crippen molar-refractivity contribution in [1.29, 1.82) is 0 Å². The Bertz CT molecular complexity index is 368. The average Bonchev–Trinajstić information content (AvgIpc) is 2.29. The number of rotatable bonds is 6. The minimum atomic E-state index is 0.144. The summed E-state index contributed by atoms with van der Waals surface area (Å²) in [5, 5.41) is 0. The number of benzene rings is 1. The van der Waals surface area contributed by atoms with Gasteiger partial charge in [-0.1, -0.05) is 12.1 Å². The van der Waals surface area contributed by atoms with Gasteiger partial charge in [-0.15, -0.1) is 0 Å². The Morgan fingerprint density at radius 3 is 2.88 bits per heavy atom. The van der Waals surface area contributed by atoms with Gasteiger partial charge in [0, 0.05) is 7.05 Å². The van der Waals surface area contributed by atoms with E-state index in [1.165, 1.54) is 17.3 Å². The zero-order valence-electron chi connectivity index (χ0n) is 10.6. The minimum Gasteiger partial charge on any atom is -0.492 e. The number of nitrogens with zero attached hydrogens (tertiary/aromatic N) is 1. The lowest BCUT2D eigenvalue weighted by molar-refractivity contribution is -0.127. The maximum Gasteiger partial charge on any atom is 0.232 e. The first-order valence-corrected chi connectivity index (χ1v) is 6.95. The molecule has 3 nitrogen and oxygen atoms in total. The number of aryl methyl sites for hydroxylation is 1. The third kappa shape index (κ3) is 5.13. The molecule has 0 saturated heterocycles. The van der Waals surface area contributed by atoms with E-state index in [1.807, 2.05) is 37.4 Å². The third-order valence-corrected chi connectivity index (χ3v) is 2.91. The molecule has 0 aliphatic heterocycles. The molecule has 0 atom stereocenters. The normalized spacial score (nSPS) is 10.1. The first kappa shape index (κ1) is 13.9. The molecule has 0 bridgehead atoms. The number of likely N-dealkylation sites (N-methyl/N-ethyl adjacent to an activating group) is 1. The maximum absolute atomic E-state index is 11.5. The van der Waals surface area contributed by atoms with Crippen molar-refractivity contribution in [1.82, 2.24) is 4.90 Å². The van der Waals surface area contributed by atoms with Gasteiger partial charge in [0.15, 0.2) is 0 Å². The fraction of sp³-hybridized carbons (Fsp3) is 0.462. The first-order valence-electron chi connectivity index (χ1n) is 5.56. The molecule has 17 heavy (non-hydrogen) atoms. The van der Waals surface area contributed by atoms with Gasteiger partial charge in [0.25, 0.3) is 0 Å². The van der Waals surface area contributed by atoms with E-state index in [2.05, 4.69) is 0 Å². The molecule has 0 aromatic heterocycles. The van der Waals surface area contributed by atoms with Gasteiger partial charge in [-0.2, -0.15) is 11.8 Å². The number of amides is 1. The van der Waals surface area contributed by atoms with Crippen LogP contribution in [0.1, 0.15) is 5.56 Å². The zero-order chi connectivity index (χ0) is 12.7. The first-order chi connectivity index (χ1) is 8.13. The number of carbonyl (C=O) groups is 1. The predicted molar refractivity (Wildman–Crippen MR) is 72.7 cm³/mol. The smallest absolute Gasteiger partial charge is 0.232 e. The van der Waals surface area contributed by atoms with Crippen LogP contribution in [0, 0.1) is 6.92 Å². The number of thioether (sulfide) groups is 1. The van der Waals surface area contributed by atoms with Gasteiger partial charge in [0.1, 0.15) is 12.4 Å². The molecular formula is C13H19NO2S. The van der Waals surface area contributed by atoms with E-state index in [0.717, 1.165) is 5.75 Å². The Labute approximate surface area is 107 Å². The molecule has 0 radical (unpaired) electrons. The van der Waals surface area contributed by atoms with Crippen molar-refractivity contribution in [3.63, 3.8) is 0 Å². The molecule has 1 amide bonds. The summed E-state index contributed by atoms with van der Waals surface area (Å²) in [6.07, 6.45) is 1.93. The lowest BCUT2D eigenvalue weighted by atomic mass is 10.2. The Morgan fingerprint density at radius 2 is 2.24 bits per heavy atom. The lowest BCUT2D eigenvalue weighted by Gasteiger charge is -2.17. The van der Waals surface area contributed by atoms with Crippen LogP contribution >= 0.6 is 11.8 Å². The van der Waals surface area contributed by atoms with Gasteiger partial charge in [0.05, 0.1) is 12.3 Å². The van der Waals surface area contributed by atoms with Crippen LogP contribution in [0.25, 0.3) is 0 Å². The molecule has 0 aliphatic carbocycles. The molecule has 0 heterocycles. The van der Waals surface area contributed by atoms with Crippen LogP contribution in [-0.4, -0.2) is 43.0 Å². The summed E-state index contributed by atoms with van der Waals surface area (Å²) in [6, 6.07) is 7.91. The van der Waals surface area contributed by atoms with E-state index in [-0.39, 0.29) is 5.91 Å². The predicted octanol–water partition coefficient (Wildman–Crippen LogP) is 2.20. The standard InChI is InChI=1S/C13H19NO2S/c1-11-5-4-6-12(9-11)16-8-7-14(2)13(15)10-17-3/h4-6,9H,7-8,10H2,1-3H3. The highest BCUT2D eigenvalue weighted by atomic mass is 32.2. The Balaban J connectivity index is 2.30. The van der Waals surface area contributed by atoms with Crippen LogP contribution < -0.4 is 4.74 Å². The van der Waals surface area contributed by atoms with Crippen molar-refractivity contribution in [2.45, 2.75) is 6.92 Å². The highest BCUT2D eigenvalue weighted by Crippen LogP contribution is 2.12. The summed E-state index contributed by atoms with van der Waals surface area (Å²) >= 11 is 1.54. The van der Waals surface area contributed by atoms with Gasteiger partial charge in [-0.25, -0.2) is 0 Å². The van der Waals surface area contributed by atoms with Crippen molar-refractivity contribution >= 4 is 17.7 Å². The molecule has 0 fully saturated rings. The second-order valence-electron chi connectivity index (χ2n) is 3.91. The quantitative estimate of drug-likeness (QED) is 0.778. The Morgan fingerprint density at radius 1 is 1.47 bits per heavy atom. The molecule has 0 saturated carbocycles. The van der Waals surface area contributed by atoms with E-state index in [9.17, 15) is 4.79 Å². The third-order valence-electron chi connectivity index (χ3n) is 2.38. The van der Waals surface area contributed by atoms with Crippen molar-refractivity contribution in [2.75, 3.05) is 32.2 Å². The van der Waals surface area contributed by atoms with E-state index < -0.39 is 0 Å². The zero-order valence-corrected chi connectivity index (χ0v) is 11.4. The van der Waals surface area contributed by atoms with Crippen molar-refractivity contribution < 1.29 is 9.53 Å². The molecule has 0 aliphatic rings. The van der Waals surface area contributed by atoms with E-state index in [0.29, 0.717) is 18.9 Å².